The van der Waals surface area contributed by atoms with Gasteiger partial charge < -0.3 is 15.3 Å². The Kier molecular flexibility index (Phi) is 2.57. The summed E-state index contributed by atoms with van der Waals surface area (Å²) in [7, 11) is 0. The van der Waals surface area contributed by atoms with E-state index in [2.05, 4.69) is 0 Å². The highest BCUT2D eigenvalue weighted by atomic mass is 16.4. The summed E-state index contributed by atoms with van der Waals surface area (Å²) in [5.41, 5.74) is 0. The lowest BCUT2D eigenvalue weighted by atomic mass is 10.3. The lowest BCUT2D eigenvalue weighted by molar-refractivity contribution is -0.135. The highest BCUT2D eigenvalue weighted by Gasteiger charge is 2.08. The number of aliphatic carboxylic acids is 1. The molecule has 0 rings (SSSR count). The van der Waals surface area contributed by atoms with Crippen LogP contribution in [0.3, 0.4) is 0 Å². The summed E-state index contributed by atoms with van der Waals surface area (Å²) in [5.74, 6) is -2.98. The maximum atomic E-state index is 9.83. The molecule has 3 N–H and O–H groups in total. The first-order valence-electron chi connectivity index (χ1n) is 2.44. The predicted octanol–water partition coefficient (Wildman–Crippen LogP) is 0.809. The van der Waals surface area contributed by atoms with Crippen molar-refractivity contribution in [2.24, 2.45) is 0 Å². The summed E-state index contributed by atoms with van der Waals surface area (Å²) in [6.07, 6.45) is 0.123. The van der Waals surface area contributed by atoms with Crippen molar-refractivity contribution in [3.63, 3.8) is 0 Å². The highest BCUT2D eigenvalue weighted by Crippen LogP contribution is 2.00. The van der Waals surface area contributed by atoms with Crippen molar-refractivity contribution in [1.29, 1.82) is 0 Å². The molecule has 0 amide bonds. The zero-order valence-electron chi connectivity index (χ0n) is 4.96. The molecule has 0 aliphatic carbocycles. The van der Waals surface area contributed by atoms with Gasteiger partial charge in [-0.1, -0.05) is 6.92 Å². The van der Waals surface area contributed by atoms with Crippen LogP contribution in [0.1, 0.15) is 13.3 Å². The minimum atomic E-state index is -1.51. The molecule has 0 unspecified atom stereocenters. The molecular weight excluding hydrogens is 124 g/mol. The maximum absolute atomic E-state index is 9.83. The van der Waals surface area contributed by atoms with E-state index in [9.17, 15) is 4.79 Å². The first-order chi connectivity index (χ1) is 4.09. The van der Waals surface area contributed by atoms with Crippen LogP contribution in [0.4, 0.5) is 0 Å². The third-order valence-electron chi connectivity index (χ3n) is 0.811. The second kappa shape index (κ2) is 2.96. The number of aliphatic hydroxyl groups excluding tert-OH is 2. The van der Waals surface area contributed by atoms with Crippen LogP contribution in [0.5, 0.6) is 0 Å². The van der Waals surface area contributed by atoms with Crippen molar-refractivity contribution >= 4 is 5.97 Å². The molecule has 4 nitrogen and oxygen atoms in total. The molecule has 0 aromatic rings. The fraction of sp³-hybridized carbons (Fsp3) is 0.400. The second-order valence-electron chi connectivity index (χ2n) is 1.45. The van der Waals surface area contributed by atoms with Crippen molar-refractivity contribution in [1.82, 2.24) is 0 Å². The molecule has 0 bridgehead atoms. The van der Waals surface area contributed by atoms with E-state index in [0.717, 1.165) is 0 Å². The smallest absolute Gasteiger partial charge is 0.374 e. The number of carbonyl (C=O) groups is 1. The lowest BCUT2D eigenvalue weighted by Crippen LogP contribution is -2.02. The molecule has 0 heterocycles. The summed E-state index contributed by atoms with van der Waals surface area (Å²) in [5, 5.41) is 25.0. The van der Waals surface area contributed by atoms with Crippen molar-refractivity contribution in [2.75, 3.05) is 0 Å². The third kappa shape index (κ3) is 2.03. The van der Waals surface area contributed by atoms with Gasteiger partial charge in [0.25, 0.3) is 0 Å². The van der Waals surface area contributed by atoms with Gasteiger partial charge in [-0.15, -0.1) is 0 Å². The monoisotopic (exact) mass is 132 g/mol. The van der Waals surface area contributed by atoms with Crippen LogP contribution in [-0.2, 0) is 4.79 Å². The summed E-state index contributed by atoms with van der Waals surface area (Å²) in [6.45, 7) is 1.54. The van der Waals surface area contributed by atoms with E-state index in [1.54, 1.807) is 0 Å². The molecule has 0 saturated carbocycles. The standard InChI is InChI=1S/C5H8O4/c1-2-3(6)4(7)5(8)9/h6-7H,2H2,1H3,(H,8,9)/b4-3-. The predicted molar refractivity (Wildman–Crippen MR) is 30.2 cm³/mol. The normalized spacial score (nSPS) is 12.6. The second-order valence-corrected chi connectivity index (χ2v) is 1.45. The van der Waals surface area contributed by atoms with Gasteiger partial charge >= 0.3 is 5.97 Å². The molecule has 0 aliphatic heterocycles. The van der Waals surface area contributed by atoms with E-state index >= 15 is 0 Å². The van der Waals surface area contributed by atoms with Gasteiger partial charge in [-0.25, -0.2) is 4.79 Å². The summed E-state index contributed by atoms with van der Waals surface area (Å²) >= 11 is 0. The van der Waals surface area contributed by atoms with Gasteiger partial charge in [0.05, 0.1) is 0 Å². The SMILES string of the molecule is CC/C(O)=C(/O)C(=O)O. The number of rotatable bonds is 2. The molecule has 0 aromatic heterocycles. The van der Waals surface area contributed by atoms with Gasteiger partial charge in [0.2, 0.25) is 5.76 Å². The van der Waals surface area contributed by atoms with E-state index in [-0.39, 0.29) is 6.42 Å². The van der Waals surface area contributed by atoms with Crippen LogP contribution in [0.2, 0.25) is 0 Å². The molecule has 0 aliphatic rings. The van der Waals surface area contributed by atoms with E-state index in [1.165, 1.54) is 6.92 Å². The zero-order valence-corrected chi connectivity index (χ0v) is 4.96. The van der Waals surface area contributed by atoms with E-state index in [4.69, 9.17) is 15.3 Å². The third-order valence-corrected chi connectivity index (χ3v) is 0.811. The maximum Gasteiger partial charge on any atom is 0.374 e. The van der Waals surface area contributed by atoms with Gasteiger partial charge in [-0.05, 0) is 0 Å². The molecular formula is C5H8O4. The minimum Gasteiger partial charge on any atom is -0.508 e. The topological polar surface area (TPSA) is 77.8 Å². The molecule has 52 valence electrons. The average Bonchev–Trinajstić information content (AvgIpc) is 1.84. The fourth-order valence-electron chi connectivity index (χ4n) is 0.291. The van der Waals surface area contributed by atoms with E-state index < -0.39 is 17.5 Å². The summed E-state index contributed by atoms with van der Waals surface area (Å²) < 4.78 is 0. The first-order valence-corrected chi connectivity index (χ1v) is 2.44. The van der Waals surface area contributed by atoms with Gasteiger partial charge in [0.1, 0.15) is 5.76 Å². The Morgan fingerprint density at radius 2 is 1.78 bits per heavy atom. The van der Waals surface area contributed by atoms with Crippen LogP contribution >= 0.6 is 0 Å². The van der Waals surface area contributed by atoms with Crippen LogP contribution in [-0.4, -0.2) is 21.3 Å². The van der Waals surface area contributed by atoms with Crippen LogP contribution in [0.25, 0.3) is 0 Å². The Morgan fingerprint density at radius 1 is 1.33 bits per heavy atom. The van der Waals surface area contributed by atoms with Crippen LogP contribution in [0.15, 0.2) is 11.5 Å². The Balaban J connectivity index is 4.28. The number of aliphatic hydroxyl groups is 2. The minimum absolute atomic E-state index is 0.123. The number of allylic oxidation sites excluding steroid dienone is 1. The number of carboxylic acid groups (broad SMARTS) is 1. The molecule has 0 radical (unpaired) electrons. The number of hydrogen-bond donors (Lipinski definition) is 3. The van der Waals surface area contributed by atoms with Gasteiger partial charge in [0.15, 0.2) is 0 Å². The largest absolute Gasteiger partial charge is 0.508 e. The highest BCUT2D eigenvalue weighted by molar-refractivity contribution is 5.84. The zero-order chi connectivity index (χ0) is 7.44. The van der Waals surface area contributed by atoms with Crippen molar-refractivity contribution in [2.45, 2.75) is 13.3 Å². The quantitative estimate of drug-likeness (QED) is 0.383. The van der Waals surface area contributed by atoms with Gasteiger partial charge in [-0.2, -0.15) is 0 Å². The molecule has 0 fully saturated rings. The first kappa shape index (κ1) is 7.81. The van der Waals surface area contributed by atoms with Gasteiger partial charge in [0, 0.05) is 6.42 Å². The van der Waals surface area contributed by atoms with Crippen LogP contribution < -0.4 is 0 Å². The summed E-state index contributed by atoms with van der Waals surface area (Å²) in [4.78, 5) is 9.83. The van der Waals surface area contributed by atoms with E-state index in [0.29, 0.717) is 0 Å². The fourth-order valence-corrected chi connectivity index (χ4v) is 0.291. The van der Waals surface area contributed by atoms with Crippen molar-refractivity contribution in [3.05, 3.63) is 11.5 Å². The Hall–Kier alpha value is -1.19. The molecule has 0 saturated heterocycles. The Bertz CT molecular complexity index is 147. The lowest BCUT2D eigenvalue weighted by Gasteiger charge is -1.94. The Labute approximate surface area is 52.1 Å². The van der Waals surface area contributed by atoms with Crippen LogP contribution in [0, 0.1) is 0 Å². The molecule has 0 atom stereocenters. The average molecular weight is 132 g/mol. The molecule has 9 heavy (non-hydrogen) atoms. The molecule has 0 aromatic carbocycles. The Morgan fingerprint density at radius 3 is 1.89 bits per heavy atom. The van der Waals surface area contributed by atoms with E-state index in [1.807, 2.05) is 0 Å². The van der Waals surface area contributed by atoms with Gasteiger partial charge in [-0.3, -0.25) is 0 Å². The summed E-state index contributed by atoms with van der Waals surface area (Å²) in [6, 6.07) is 0. The molecule has 4 heteroatoms. The molecule has 0 spiro atoms. The van der Waals surface area contributed by atoms with Crippen molar-refractivity contribution in [3.8, 4) is 0 Å². The van der Waals surface area contributed by atoms with Crippen molar-refractivity contribution < 1.29 is 20.1 Å². The number of hydrogen-bond acceptors (Lipinski definition) is 3. The number of carboxylic acids is 1.